The van der Waals surface area contributed by atoms with Crippen LogP contribution in [0.25, 0.3) is 0 Å². The van der Waals surface area contributed by atoms with Crippen LogP contribution in [0.1, 0.15) is 37.3 Å². The maximum Gasteiger partial charge on any atom is 0.264 e. The van der Waals surface area contributed by atoms with Crippen LogP contribution in [0.2, 0.25) is 23.7 Å². The van der Waals surface area contributed by atoms with Crippen LogP contribution in [-0.2, 0) is 26.5 Å². The van der Waals surface area contributed by atoms with Gasteiger partial charge in [0.2, 0.25) is 14.3 Å². The lowest BCUT2D eigenvalue weighted by Gasteiger charge is -2.31. The highest BCUT2D eigenvalue weighted by Gasteiger charge is 2.66. The zero-order chi connectivity index (χ0) is 27.2. The number of anilines is 2. The second kappa shape index (κ2) is 10.4. The van der Waals surface area contributed by atoms with Crippen molar-refractivity contribution in [2.45, 2.75) is 69.1 Å². The van der Waals surface area contributed by atoms with Crippen LogP contribution in [-0.4, -0.2) is 50.6 Å². The smallest absolute Gasteiger partial charge is 0.264 e. The largest absolute Gasteiger partial charge is 0.396 e. The molecule has 2 amide bonds. The molecule has 3 N–H and O–H groups in total. The molecular formula is C28H35ClFN3O4Si. The first-order valence-electron chi connectivity index (χ1n) is 13.3. The molecular weight excluding hydrogens is 525 g/mol. The van der Waals surface area contributed by atoms with Crippen molar-refractivity contribution in [3.63, 3.8) is 0 Å². The number of aliphatic hydroxyl groups is 1. The quantitative estimate of drug-likeness (QED) is 0.337. The van der Waals surface area contributed by atoms with Crippen molar-refractivity contribution in [1.29, 1.82) is 0 Å². The minimum absolute atomic E-state index is 0.0450. The predicted octanol–water partition coefficient (Wildman–Crippen LogP) is 4.73. The summed E-state index contributed by atoms with van der Waals surface area (Å²) in [5.74, 6) is -0.714. The van der Waals surface area contributed by atoms with Crippen LogP contribution < -0.4 is 15.5 Å². The molecule has 0 aliphatic carbocycles. The maximum absolute atomic E-state index is 15.6. The molecule has 1 spiro atoms. The average molecular weight is 560 g/mol. The number of aliphatic hydroxyl groups excluding tert-OH is 1. The van der Waals surface area contributed by atoms with Crippen LogP contribution in [0.5, 0.6) is 0 Å². The molecule has 2 fully saturated rings. The van der Waals surface area contributed by atoms with E-state index in [4.69, 9.17) is 16.3 Å². The Kier molecular flexibility index (Phi) is 7.43. The Bertz CT molecular complexity index is 1220. The minimum atomic E-state index is -3.25. The molecule has 3 heterocycles. The van der Waals surface area contributed by atoms with Crippen molar-refractivity contribution in [2.75, 3.05) is 23.4 Å². The van der Waals surface area contributed by atoms with Gasteiger partial charge in [-0.15, -0.1) is 0 Å². The molecule has 7 nitrogen and oxygen atoms in total. The van der Waals surface area contributed by atoms with Gasteiger partial charge >= 0.3 is 0 Å². The number of rotatable bonds is 7. The highest BCUT2D eigenvalue weighted by molar-refractivity contribution is 6.72. The monoisotopic (exact) mass is 559 g/mol. The Hall–Kier alpha value is -2.30. The fourth-order valence-electron chi connectivity index (χ4n) is 6.59. The van der Waals surface area contributed by atoms with E-state index < -0.39 is 31.6 Å². The zero-order valence-corrected chi connectivity index (χ0v) is 23.7. The van der Waals surface area contributed by atoms with E-state index >= 15 is 4.11 Å². The van der Waals surface area contributed by atoms with E-state index in [2.05, 4.69) is 10.6 Å². The summed E-state index contributed by atoms with van der Waals surface area (Å²) in [6, 6.07) is 12.6. The number of halogens is 2. The normalized spacial score (nSPS) is 28.8. The van der Waals surface area contributed by atoms with Crippen molar-refractivity contribution in [3.8, 4) is 0 Å². The van der Waals surface area contributed by atoms with E-state index in [1.807, 2.05) is 37.3 Å². The van der Waals surface area contributed by atoms with Gasteiger partial charge in [0.25, 0.3) is 5.91 Å². The summed E-state index contributed by atoms with van der Waals surface area (Å²) < 4.78 is 22.1. The first-order chi connectivity index (χ1) is 18.1. The third-order valence-electron chi connectivity index (χ3n) is 8.28. The molecule has 2 aromatic carbocycles. The first-order valence-corrected chi connectivity index (χ1v) is 16.6. The van der Waals surface area contributed by atoms with Gasteiger partial charge in [-0.1, -0.05) is 30.7 Å². The number of hydrogen-bond donors (Lipinski definition) is 3. The first kappa shape index (κ1) is 27.3. The fraction of sp³-hybridized carbons (Fsp3) is 0.500. The molecule has 0 radical (unpaired) electrons. The van der Waals surface area contributed by atoms with Crippen molar-refractivity contribution in [2.24, 2.45) is 5.92 Å². The highest BCUT2D eigenvalue weighted by atomic mass is 35.5. The molecule has 0 bridgehead atoms. The lowest BCUT2D eigenvalue weighted by molar-refractivity contribution is -0.146. The van der Waals surface area contributed by atoms with Gasteiger partial charge in [-0.2, -0.15) is 0 Å². The lowest BCUT2D eigenvalue weighted by atomic mass is 9.82. The van der Waals surface area contributed by atoms with Gasteiger partial charge in [0, 0.05) is 34.3 Å². The van der Waals surface area contributed by atoms with Crippen LogP contribution in [0.4, 0.5) is 15.5 Å². The second-order valence-electron chi connectivity index (χ2n) is 11.2. The summed E-state index contributed by atoms with van der Waals surface area (Å²) in [6.45, 7) is 6.16. The Morgan fingerprint density at radius 3 is 2.66 bits per heavy atom. The maximum atomic E-state index is 15.6. The number of ether oxygens (including phenoxy) is 1. The Morgan fingerprint density at radius 1 is 1.29 bits per heavy atom. The number of carbonyl (C=O) groups excluding carboxylic acids is 2. The number of benzene rings is 2. The molecule has 0 aromatic heterocycles. The molecule has 2 aromatic rings. The van der Waals surface area contributed by atoms with E-state index in [0.29, 0.717) is 22.0 Å². The van der Waals surface area contributed by atoms with Gasteiger partial charge in [-0.3, -0.25) is 9.59 Å². The minimum Gasteiger partial charge on any atom is -0.396 e. The standard InChI is InChI=1S/C28H35ClFN3O4Si/c1-17-25(38(2,3)30)24(12-14-34)37-28(17)21-15-19(29)8-11-23(21)33(27(28)36)16-18-6-9-20(10-7-18)32-26(35)22-5-4-13-31-22/h6-11,15,17,22,24-25,31,34H,4-5,12-14,16H2,1-3H3,(H,32,35)/t17-,22-,24+,25-,28+/m1/s1. The number of fused-ring (bicyclic) bond motifs is 2. The topological polar surface area (TPSA) is 90.9 Å². The lowest BCUT2D eigenvalue weighted by Crippen LogP contribution is -2.45. The summed E-state index contributed by atoms with van der Waals surface area (Å²) in [4.78, 5) is 28.3. The van der Waals surface area contributed by atoms with Crippen LogP contribution in [0.15, 0.2) is 42.5 Å². The zero-order valence-electron chi connectivity index (χ0n) is 22.0. The molecule has 3 aliphatic rings. The third-order valence-corrected chi connectivity index (χ3v) is 11.0. The SMILES string of the molecule is C[C@@H]1[C@@H]([Si](C)(C)F)[C@H](CCO)O[C@@]12C(=O)N(Cc1ccc(NC(=O)[C@H]3CCCN3)cc1)c1ccc(Cl)cc12. The second-order valence-corrected chi connectivity index (χ2v) is 15.4. The number of carbonyl (C=O) groups is 2. The van der Waals surface area contributed by atoms with Crippen molar-refractivity contribution >= 4 is 43.2 Å². The molecule has 3 aliphatic heterocycles. The fourth-order valence-corrected chi connectivity index (χ4v) is 9.30. The van der Waals surface area contributed by atoms with Crippen molar-refractivity contribution in [3.05, 3.63) is 58.6 Å². The van der Waals surface area contributed by atoms with Gasteiger partial charge in [0.1, 0.15) is 0 Å². The number of nitrogens with one attached hydrogen (secondary N) is 2. The molecule has 2 saturated heterocycles. The molecule has 38 heavy (non-hydrogen) atoms. The number of hydrogen-bond acceptors (Lipinski definition) is 5. The van der Waals surface area contributed by atoms with Crippen molar-refractivity contribution < 1.29 is 23.5 Å². The van der Waals surface area contributed by atoms with E-state index in [1.165, 1.54) is 0 Å². The van der Waals surface area contributed by atoms with E-state index in [9.17, 15) is 14.7 Å². The average Bonchev–Trinajstić information content (AvgIpc) is 3.55. The van der Waals surface area contributed by atoms with Gasteiger partial charge in [0.15, 0.2) is 5.60 Å². The molecule has 204 valence electrons. The van der Waals surface area contributed by atoms with E-state index in [1.54, 1.807) is 30.1 Å². The van der Waals surface area contributed by atoms with Gasteiger partial charge in [-0.25, -0.2) is 0 Å². The molecule has 5 rings (SSSR count). The molecule has 0 unspecified atom stereocenters. The van der Waals surface area contributed by atoms with E-state index in [0.717, 1.165) is 24.9 Å². The predicted molar refractivity (Wildman–Crippen MR) is 148 cm³/mol. The number of amides is 2. The van der Waals surface area contributed by atoms with E-state index in [-0.39, 0.29) is 37.4 Å². The Balaban J connectivity index is 1.43. The van der Waals surface area contributed by atoms with Gasteiger partial charge in [-0.05, 0) is 74.8 Å². The third kappa shape index (κ3) is 4.68. The molecule has 5 atom stereocenters. The highest BCUT2D eigenvalue weighted by Crippen LogP contribution is 2.60. The van der Waals surface area contributed by atoms with Gasteiger partial charge < -0.3 is 29.5 Å². The summed E-state index contributed by atoms with van der Waals surface area (Å²) in [5.41, 5.74) is 1.10. The molecule has 10 heteroatoms. The summed E-state index contributed by atoms with van der Waals surface area (Å²) in [5, 5.41) is 16.3. The van der Waals surface area contributed by atoms with Crippen LogP contribution in [0, 0.1) is 5.92 Å². The number of nitrogens with zero attached hydrogens (tertiary/aromatic N) is 1. The van der Waals surface area contributed by atoms with Crippen LogP contribution >= 0.6 is 11.6 Å². The summed E-state index contributed by atoms with van der Waals surface area (Å²) in [6.07, 6.45) is 1.53. The summed E-state index contributed by atoms with van der Waals surface area (Å²) >= 11 is 6.39. The van der Waals surface area contributed by atoms with Crippen molar-refractivity contribution in [1.82, 2.24) is 5.32 Å². The molecule has 0 saturated carbocycles. The Labute approximate surface area is 228 Å². The summed E-state index contributed by atoms with van der Waals surface area (Å²) in [7, 11) is -3.25. The Morgan fingerprint density at radius 2 is 2.03 bits per heavy atom. The van der Waals surface area contributed by atoms with Gasteiger partial charge in [0.05, 0.1) is 24.4 Å². The van der Waals surface area contributed by atoms with Crippen LogP contribution in [0.3, 0.4) is 0 Å².